The minimum Gasteiger partial charge on any atom is -0.341 e. The van der Waals surface area contributed by atoms with Gasteiger partial charge in [0, 0.05) is 17.9 Å². The maximum atomic E-state index is 2.57. The van der Waals surface area contributed by atoms with Gasteiger partial charge >= 0.3 is 0 Å². The molecule has 140 valence electrons. The first-order valence-electron chi connectivity index (χ1n) is 10.5. The SMILES string of the molecule is CCN(CC)CCCCCCN1c2ccccc2CCc2ccccc21. The highest BCUT2D eigenvalue weighted by Crippen LogP contribution is 2.36. The van der Waals surface area contributed by atoms with Gasteiger partial charge in [-0.05, 0) is 68.6 Å². The predicted molar refractivity (Wildman–Crippen MR) is 114 cm³/mol. The normalized spacial score (nSPS) is 13.4. The van der Waals surface area contributed by atoms with Gasteiger partial charge in [0.1, 0.15) is 0 Å². The molecule has 0 aliphatic carbocycles. The molecule has 0 bridgehead atoms. The highest BCUT2D eigenvalue weighted by molar-refractivity contribution is 5.71. The van der Waals surface area contributed by atoms with Crippen LogP contribution in [-0.4, -0.2) is 31.1 Å². The number of benzene rings is 2. The Morgan fingerprint density at radius 1 is 0.731 bits per heavy atom. The Bertz CT molecular complexity index is 628. The summed E-state index contributed by atoms with van der Waals surface area (Å²) in [5.41, 5.74) is 5.82. The average Bonchev–Trinajstić information content (AvgIpc) is 2.85. The van der Waals surface area contributed by atoms with Crippen molar-refractivity contribution in [3.63, 3.8) is 0 Å². The Kier molecular flexibility index (Phi) is 7.13. The molecule has 0 saturated carbocycles. The van der Waals surface area contributed by atoms with Gasteiger partial charge in [0.05, 0.1) is 0 Å². The first-order valence-corrected chi connectivity index (χ1v) is 10.5. The van der Waals surface area contributed by atoms with Crippen LogP contribution < -0.4 is 4.90 Å². The standard InChI is InChI=1S/C24H34N2/c1-3-25(4-2)19-11-5-6-12-20-26-23-15-9-7-13-21(23)17-18-22-14-8-10-16-24(22)26/h7-10,13-16H,3-6,11-12,17-20H2,1-2H3. The molecule has 0 amide bonds. The average molecular weight is 351 g/mol. The molecule has 0 saturated heterocycles. The van der Waals surface area contributed by atoms with Gasteiger partial charge in [-0.2, -0.15) is 0 Å². The van der Waals surface area contributed by atoms with Gasteiger partial charge in [-0.25, -0.2) is 0 Å². The predicted octanol–water partition coefficient (Wildman–Crippen LogP) is 5.83. The highest BCUT2D eigenvalue weighted by Gasteiger charge is 2.19. The number of unbranched alkanes of at least 4 members (excludes halogenated alkanes) is 3. The molecule has 0 atom stereocenters. The summed E-state index contributed by atoms with van der Waals surface area (Å²) in [5, 5.41) is 0. The molecule has 0 spiro atoms. The summed E-state index contributed by atoms with van der Waals surface area (Å²) in [4.78, 5) is 5.10. The summed E-state index contributed by atoms with van der Waals surface area (Å²) >= 11 is 0. The molecule has 26 heavy (non-hydrogen) atoms. The van der Waals surface area contributed by atoms with Crippen LogP contribution in [0.15, 0.2) is 48.5 Å². The fourth-order valence-corrected chi connectivity index (χ4v) is 4.11. The van der Waals surface area contributed by atoms with Crippen molar-refractivity contribution in [3.8, 4) is 0 Å². The van der Waals surface area contributed by atoms with Crippen LogP contribution in [0.4, 0.5) is 11.4 Å². The third-order valence-corrected chi connectivity index (χ3v) is 5.73. The van der Waals surface area contributed by atoms with E-state index < -0.39 is 0 Å². The molecule has 2 aromatic rings. The van der Waals surface area contributed by atoms with E-state index in [9.17, 15) is 0 Å². The van der Waals surface area contributed by atoms with E-state index in [4.69, 9.17) is 0 Å². The van der Waals surface area contributed by atoms with Crippen molar-refractivity contribution in [1.82, 2.24) is 4.90 Å². The number of para-hydroxylation sites is 2. The second kappa shape index (κ2) is 9.78. The molecule has 1 aliphatic heterocycles. The van der Waals surface area contributed by atoms with Crippen LogP contribution in [-0.2, 0) is 12.8 Å². The number of fused-ring (bicyclic) bond motifs is 2. The Morgan fingerprint density at radius 2 is 1.27 bits per heavy atom. The molecule has 2 nitrogen and oxygen atoms in total. The summed E-state index contributed by atoms with van der Waals surface area (Å²) in [6, 6.07) is 17.9. The minimum atomic E-state index is 1.12. The number of anilines is 2. The van der Waals surface area contributed by atoms with Gasteiger partial charge in [-0.15, -0.1) is 0 Å². The maximum absolute atomic E-state index is 2.57. The fourth-order valence-electron chi connectivity index (χ4n) is 4.11. The Hall–Kier alpha value is -1.80. The van der Waals surface area contributed by atoms with Gasteiger partial charge in [0.25, 0.3) is 0 Å². The van der Waals surface area contributed by atoms with E-state index in [-0.39, 0.29) is 0 Å². The molecule has 0 N–H and O–H groups in total. The number of hydrogen-bond donors (Lipinski definition) is 0. The molecule has 0 unspecified atom stereocenters. The minimum absolute atomic E-state index is 1.12. The van der Waals surface area contributed by atoms with Crippen LogP contribution in [0.2, 0.25) is 0 Å². The van der Waals surface area contributed by atoms with E-state index in [0.717, 1.165) is 19.4 Å². The Morgan fingerprint density at radius 3 is 1.85 bits per heavy atom. The van der Waals surface area contributed by atoms with E-state index in [0.29, 0.717) is 0 Å². The van der Waals surface area contributed by atoms with E-state index in [2.05, 4.69) is 72.2 Å². The number of rotatable bonds is 9. The highest BCUT2D eigenvalue weighted by atomic mass is 15.1. The molecular formula is C24H34N2. The molecule has 1 heterocycles. The molecule has 1 aliphatic rings. The zero-order valence-corrected chi connectivity index (χ0v) is 16.6. The van der Waals surface area contributed by atoms with Crippen molar-refractivity contribution in [2.75, 3.05) is 31.1 Å². The van der Waals surface area contributed by atoms with Crippen molar-refractivity contribution in [2.45, 2.75) is 52.4 Å². The lowest BCUT2D eigenvalue weighted by atomic mass is 10.0. The van der Waals surface area contributed by atoms with Gasteiger partial charge in [0.2, 0.25) is 0 Å². The molecule has 0 fully saturated rings. The van der Waals surface area contributed by atoms with Crippen LogP contribution in [0.25, 0.3) is 0 Å². The summed E-state index contributed by atoms with van der Waals surface area (Å²) in [6.07, 6.45) is 7.55. The molecule has 2 heteroatoms. The lowest BCUT2D eigenvalue weighted by Gasteiger charge is -2.27. The topological polar surface area (TPSA) is 6.48 Å². The van der Waals surface area contributed by atoms with Crippen molar-refractivity contribution in [2.24, 2.45) is 0 Å². The van der Waals surface area contributed by atoms with Crippen molar-refractivity contribution in [1.29, 1.82) is 0 Å². The van der Waals surface area contributed by atoms with Gasteiger partial charge in [-0.3, -0.25) is 0 Å². The molecular weight excluding hydrogens is 316 g/mol. The van der Waals surface area contributed by atoms with Crippen LogP contribution in [0.3, 0.4) is 0 Å². The summed E-state index contributed by atoms with van der Waals surface area (Å²) in [5.74, 6) is 0. The van der Waals surface area contributed by atoms with E-state index in [1.54, 1.807) is 0 Å². The van der Waals surface area contributed by atoms with Crippen molar-refractivity contribution < 1.29 is 0 Å². The summed E-state index contributed by atoms with van der Waals surface area (Å²) in [7, 11) is 0. The van der Waals surface area contributed by atoms with Crippen LogP contribution >= 0.6 is 0 Å². The lowest BCUT2D eigenvalue weighted by molar-refractivity contribution is 0.295. The van der Waals surface area contributed by atoms with Gasteiger partial charge in [0.15, 0.2) is 0 Å². The van der Waals surface area contributed by atoms with Crippen LogP contribution in [0.5, 0.6) is 0 Å². The van der Waals surface area contributed by atoms with Crippen LogP contribution in [0, 0.1) is 0 Å². The van der Waals surface area contributed by atoms with E-state index in [1.165, 1.54) is 67.8 Å². The Labute approximate surface area is 159 Å². The second-order valence-electron chi connectivity index (χ2n) is 7.35. The summed E-state index contributed by atoms with van der Waals surface area (Å²) in [6.45, 7) is 9.26. The third-order valence-electron chi connectivity index (χ3n) is 5.73. The second-order valence-corrected chi connectivity index (χ2v) is 7.35. The number of nitrogens with zero attached hydrogens (tertiary/aromatic N) is 2. The first kappa shape index (κ1) is 19.0. The maximum Gasteiger partial charge on any atom is 0.0443 e. The molecule has 0 radical (unpaired) electrons. The van der Waals surface area contributed by atoms with E-state index >= 15 is 0 Å². The quantitative estimate of drug-likeness (QED) is 0.525. The lowest BCUT2D eigenvalue weighted by Crippen LogP contribution is -2.24. The number of hydrogen-bond acceptors (Lipinski definition) is 2. The largest absolute Gasteiger partial charge is 0.341 e. The molecule has 2 aromatic carbocycles. The van der Waals surface area contributed by atoms with E-state index in [1.807, 2.05) is 0 Å². The zero-order valence-electron chi connectivity index (χ0n) is 16.6. The molecule has 3 rings (SSSR count). The molecule has 0 aromatic heterocycles. The summed E-state index contributed by atoms with van der Waals surface area (Å²) < 4.78 is 0. The zero-order chi connectivity index (χ0) is 18.2. The monoisotopic (exact) mass is 350 g/mol. The van der Waals surface area contributed by atoms with Crippen molar-refractivity contribution in [3.05, 3.63) is 59.7 Å². The Balaban J connectivity index is 1.60. The van der Waals surface area contributed by atoms with Crippen molar-refractivity contribution >= 4 is 11.4 Å². The smallest absolute Gasteiger partial charge is 0.0443 e. The first-order chi connectivity index (χ1) is 12.8. The van der Waals surface area contributed by atoms with Gasteiger partial charge in [-0.1, -0.05) is 63.1 Å². The van der Waals surface area contributed by atoms with Crippen LogP contribution in [0.1, 0.15) is 50.7 Å². The van der Waals surface area contributed by atoms with Gasteiger partial charge < -0.3 is 9.80 Å². The fraction of sp³-hybridized carbons (Fsp3) is 0.500. The number of aryl methyl sites for hydroxylation is 2. The third kappa shape index (κ3) is 4.67.